The molecule has 0 atom stereocenters. The van der Waals surface area contributed by atoms with Crippen LogP contribution in [0, 0.1) is 0 Å². The highest BCUT2D eigenvalue weighted by Crippen LogP contribution is 2.39. The Morgan fingerprint density at radius 1 is 0.789 bits per heavy atom. The second-order valence-electron chi connectivity index (χ2n) is 3.87. The van der Waals surface area contributed by atoms with Gasteiger partial charge in [-0.25, -0.2) is 0 Å². The Balaban J connectivity index is 1.88. The molecule has 0 unspecified atom stereocenters. The number of rotatable bonds is 4. The van der Waals surface area contributed by atoms with Crippen LogP contribution in [0.5, 0.6) is 5.06 Å². The van der Waals surface area contributed by atoms with Crippen LogP contribution in [0.15, 0.2) is 54.6 Å². The summed E-state index contributed by atoms with van der Waals surface area (Å²) < 4.78 is 4.95. The molecule has 1 aromatic carbocycles. The van der Waals surface area contributed by atoms with Gasteiger partial charge in [-0.05, 0) is 29.8 Å². The van der Waals surface area contributed by atoms with Crippen LogP contribution in [0.4, 0.5) is 0 Å². The predicted molar refractivity (Wildman–Crippen MR) is 81.7 cm³/mol. The zero-order valence-electron chi connectivity index (χ0n) is 9.95. The summed E-state index contributed by atoms with van der Waals surface area (Å²) in [6, 6.07) is 18.4. The Morgan fingerprint density at radius 3 is 2.26 bits per heavy atom. The van der Waals surface area contributed by atoms with Gasteiger partial charge in [-0.2, -0.15) is 0 Å². The first-order chi connectivity index (χ1) is 9.36. The van der Waals surface area contributed by atoms with Crippen LogP contribution < -0.4 is 4.65 Å². The number of benzene rings is 1. The van der Waals surface area contributed by atoms with E-state index in [0.29, 0.717) is 12.7 Å². The Labute approximate surface area is 120 Å². The Bertz CT molecular complexity index is 661. The van der Waals surface area contributed by atoms with Gasteiger partial charge in [0.25, 0.3) is 0 Å². The fourth-order valence-corrected chi connectivity index (χ4v) is 3.73. The molecule has 0 fully saturated rings. The van der Waals surface area contributed by atoms with Crippen molar-refractivity contribution in [1.29, 1.82) is 0 Å². The summed E-state index contributed by atoms with van der Waals surface area (Å²) in [4.78, 5) is 3.60. The maximum atomic E-state index is 8.61. The van der Waals surface area contributed by atoms with Crippen molar-refractivity contribution in [2.24, 2.45) is 0 Å². The van der Waals surface area contributed by atoms with Crippen LogP contribution in [0.25, 0.3) is 20.2 Å². The Hall–Kier alpha value is -1.56. The number of hydrogen-bond donors (Lipinski definition) is 1. The number of hydrogen-bond acceptors (Lipinski definition) is 4. The molecule has 2 heterocycles. The Kier molecular flexibility index (Phi) is 3.68. The predicted octanol–water partition coefficient (Wildman–Crippen LogP) is 4.05. The van der Waals surface area contributed by atoms with Crippen molar-refractivity contribution in [3.8, 4) is 25.3 Å². The molecule has 0 bridgehead atoms. The van der Waals surface area contributed by atoms with E-state index in [1.165, 1.54) is 26.7 Å². The zero-order valence-corrected chi connectivity index (χ0v) is 11.6. The van der Waals surface area contributed by atoms with E-state index in [-0.39, 0.29) is 0 Å². The second-order valence-corrected chi connectivity index (χ2v) is 6.00. The van der Waals surface area contributed by atoms with Gasteiger partial charge in [0.2, 0.25) is 0 Å². The van der Waals surface area contributed by atoms with Crippen LogP contribution in [-0.2, 0) is 0 Å². The molecule has 5 heteroatoms. The highest BCUT2D eigenvalue weighted by atomic mass is 32.1. The van der Waals surface area contributed by atoms with Crippen LogP contribution in [0.1, 0.15) is 0 Å². The molecule has 1 N–H and O–H groups in total. The molecule has 1 radical (unpaired) electrons. The molecule has 2 nitrogen and oxygen atoms in total. The van der Waals surface area contributed by atoms with E-state index >= 15 is 0 Å². The summed E-state index contributed by atoms with van der Waals surface area (Å²) in [5, 5.41) is 9.30. The van der Waals surface area contributed by atoms with Crippen molar-refractivity contribution in [2.75, 3.05) is 0 Å². The summed E-state index contributed by atoms with van der Waals surface area (Å²) in [6.07, 6.45) is 0. The SMILES string of the molecule is O[B]Oc1ccc(-c2ccc(-c3ccccc3)s2)s1. The van der Waals surface area contributed by atoms with Gasteiger partial charge in [0.05, 0.1) is 0 Å². The number of thiophene rings is 2. The highest BCUT2D eigenvalue weighted by molar-refractivity contribution is 7.24. The molecular weight excluding hydrogens is 275 g/mol. The van der Waals surface area contributed by atoms with Crippen molar-refractivity contribution in [3.05, 3.63) is 54.6 Å². The summed E-state index contributed by atoms with van der Waals surface area (Å²) in [7, 11) is 0.708. The topological polar surface area (TPSA) is 29.5 Å². The van der Waals surface area contributed by atoms with E-state index in [4.69, 9.17) is 9.68 Å². The van der Waals surface area contributed by atoms with Crippen LogP contribution in [0.2, 0.25) is 0 Å². The van der Waals surface area contributed by atoms with Gasteiger partial charge < -0.3 is 9.68 Å². The molecule has 0 aliphatic heterocycles. The van der Waals surface area contributed by atoms with Gasteiger partial charge >= 0.3 is 7.69 Å². The van der Waals surface area contributed by atoms with Gasteiger partial charge in [0, 0.05) is 14.6 Å². The molecule has 2 aromatic heterocycles. The molecule has 0 saturated heterocycles. The standard InChI is InChI=1S/C14H10BO2S2/c16-15-17-14-9-8-13(19-14)12-7-6-11(18-12)10-4-2-1-3-5-10/h1-9,16H. The molecule has 0 saturated carbocycles. The first-order valence-corrected chi connectivity index (χ1v) is 7.38. The lowest BCUT2D eigenvalue weighted by Crippen LogP contribution is -1.97. The molecule has 3 aromatic rings. The van der Waals surface area contributed by atoms with Gasteiger partial charge in [-0.1, -0.05) is 41.7 Å². The van der Waals surface area contributed by atoms with Crippen molar-refractivity contribution >= 4 is 30.4 Å². The Morgan fingerprint density at radius 2 is 1.47 bits per heavy atom. The third-order valence-corrected chi connectivity index (χ3v) is 4.96. The summed E-state index contributed by atoms with van der Waals surface area (Å²) >= 11 is 3.27. The molecular formula is C14H10BO2S2. The van der Waals surface area contributed by atoms with Crippen molar-refractivity contribution in [1.82, 2.24) is 0 Å². The fourth-order valence-electron chi connectivity index (χ4n) is 1.80. The van der Waals surface area contributed by atoms with Crippen LogP contribution >= 0.6 is 22.7 Å². The van der Waals surface area contributed by atoms with E-state index in [0.717, 1.165) is 4.88 Å². The lowest BCUT2D eigenvalue weighted by atomic mass is 10.2. The molecule has 0 aliphatic carbocycles. The second kappa shape index (κ2) is 5.61. The average Bonchev–Trinajstić information content (AvgIpc) is 3.08. The van der Waals surface area contributed by atoms with Gasteiger partial charge in [0.1, 0.15) is 0 Å². The van der Waals surface area contributed by atoms with Crippen molar-refractivity contribution in [2.45, 2.75) is 0 Å². The average molecular weight is 285 g/mol. The van der Waals surface area contributed by atoms with E-state index in [2.05, 4.69) is 24.3 Å². The van der Waals surface area contributed by atoms with Gasteiger partial charge in [0.15, 0.2) is 5.06 Å². The smallest absolute Gasteiger partial charge is 0.530 e. The van der Waals surface area contributed by atoms with Crippen LogP contribution in [0.3, 0.4) is 0 Å². The third-order valence-electron chi connectivity index (χ3n) is 2.66. The quantitative estimate of drug-likeness (QED) is 0.733. The molecule has 0 spiro atoms. The van der Waals surface area contributed by atoms with Gasteiger partial charge in [-0.3, -0.25) is 0 Å². The minimum Gasteiger partial charge on any atom is -0.530 e. The fraction of sp³-hybridized carbons (Fsp3) is 0. The molecule has 0 amide bonds. The maximum absolute atomic E-state index is 8.61. The normalized spacial score (nSPS) is 10.4. The lowest BCUT2D eigenvalue weighted by Gasteiger charge is -1.95. The minimum atomic E-state index is 0.687. The molecule has 3 rings (SSSR count). The molecule has 0 aliphatic rings. The van der Waals surface area contributed by atoms with E-state index < -0.39 is 0 Å². The summed E-state index contributed by atoms with van der Waals surface area (Å²) in [5.41, 5.74) is 1.23. The largest absolute Gasteiger partial charge is 0.569 e. The van der Waals surface area contributed by atoms with Crippen molar-refractivity contribution in [3.63, 3.8) is 0 Å². The third kappa shape index (κ3) is 2.73. The van der Waals surface area contributed by atoms with E-state index in [1.807, 2.05) is 30.3 Å². The molecule has 93 valence electrons. The van der Waals surface area contributed by atoms with Gasteiger partial charge in [-0.15, -0.1) is 11.3 Å². The summed E-state index contributed by atoms with van der Waals surface area (Å²) in [5.74, 6) is 0. The van der Waals surface area contributed by atoms with E-state index in [9.17, 15) is 0 Å². The monoisotopic (exact) mass is 285 g/mol. The first-order valence-electron chi connectivity index (χ1n) is 5.75. The van der Waals surface area contributed by atoms with Crippen LogP contribution in [-0.4, -0.2) is 12.7 Å². The minimum absolute atomic E-state index is 0.687. The summed E-state index contributed by atoms with van der Waals surface area (Å²) in [6.45, 7) is 0. The zero-order chi connectivity index (χ0) is 13.1. The first kappa shape index (κ1) is 12.5. The van der Waals surface area contributed by atoms with Crippen molar-refractivity contribution < 1.29 is 9.68 Å². The van der Waals surface area contributed by atoms with E-state index in [1.54, 1.807) is 11.3 Å². The molecule has 19 heavy (non-hydrogen) atoms. The lowest BCUT2D eigenvalue weighted by molar-refractivity contribution is 0.461. The highest BCUT2D eigenvalue weighted by Gasteiger charge is 2.08. The maximum Gasteiger partial charge on any atom is 0.569 e.